The van der Waals surface area contributed by atoms with E-state index in [0.717, 1.165) is 9.35 Å². The van der Waals surface area contributed by atoms with Crippen LogP contribution in [0.3, 0.4) is 0 Å². The lowest BCUT2D eigenvalue weighted by Crippen LogP contribution is -2.22. The number of carbonyl (C=O) groups is 1. The highest BCUT2D eigenvalue weighted by Gasteiger charge is 2.18. The first-order valence-electron chi connectivity index (χ1n) is 6.53. The van der Waals surface area contributed by atoms with Gasteiger partial charge in [0.05, 0.1) is 25.2 Å². The van der Waals surface area contributed by atoms with E-state index in [9.17, 15) is 4.79 Å². The molecule has 1 aromatic carbocycles. The second-order valence-corrected chi connectivity index (χ2v) is 7.17. The molecule has 1 aromatic heterocycles. The molecule has 2 aromatic rings. The molecule has 0 bridgehead atoms. The minimum absolute atomic E-state index is 0.135. The number of amides is 1. The molecule has 0 aliphatic rings. The fourth-order valence-electron chi connectivity index (χ4n) is 1.68. The maximum atomic E-state index is 12.3. The van der Waals surface area contributed by atoms with Crippen LogP contribution in [0.1, 0.15) is 11.9 Å². The van der Waals surface area contributed by atoms with Crippen LogP contribution < -0.4 is 14.8 Å². The van der Waals surface area contributed by atoms with Crippen molar-refractivity contribution in [3.63, 3.8) is 0 Å². The number of hydrogen-bond acceptors (Lipinski definition) is 7. The van der Waals surface area contributed by atoms with E-state index in [4.69, 9.17) is 9.47 Å². The Balaban J connectivity index is 2.07. The molecule has 1 heterocycles. The van der Waals surface area contributed by atoms with E-state index in [1.165, 1.54) is 23.1 Å². The molecule has 2 rings (SSSR count). The maximum Gasteiger partial charge on any atom is 0.237 e. The number of nitrogens with one attached hydrogen (secondary N) is 1. The highest BCUT2D eigenvalue weighted by molar-refractivity contribution is 8.02. The van der Waals surface area contributed by atoms with E-state index in [-0.39, 0.29) is 11.2 Å². The van der Waals surface area contributed by atoms with Gasteiger partial charge in [0.2, 0.25) is 5.91 Å². The largest absolute Gasteiger partial charge is 0.497 e. The normalized spacial score (nSPS) is 11.8. The Morgan fingerprint density at radius 3 is 2.68 bits per heavy atom. The fourth-order valence-corrected chi connectivity index (χ4v) is 3.64. The van der Waals surface area contributed by atoms with Crippen molar-refractivity contribution in [1.82, 2.24) is 10.2 Å². The summed E-state index contributed by atoms with van der Waals surface area (Å²) in [4.78, 5) is 12.3. The smallest absolute Gasteiger partial charge is 0.237 e. The molecule has 0 fully saturated rings. The van der Waals surface area contributed by atoms with E-state index in [1.807, 2.05) is 13.8 Å². The first-order chi connectivity index (χ1) is 10.5. The molecule has 1 N–H and O–H groups in total. The molecule has 0 aliphatic heterocycles. The summed E-state index contributed by atoms with van der Waals surface area (Å²) in [6.45, 7) is 3.71. The Morgan fingerprint density at radius 2 is 2.09 bits per heavy atom. The highest BCUT2D eigenvalue weighted by atomic mass is 32.2. The van der Waals surface area contributed by atoms with E-state index in [0.29, 0.717) is 17.2 Å². The highest BCUT2D eigenvalue weighted by Crippen LogP contribution is 2.31. The molecule has 6 nitrogen and oxygen atoms in total. The van der Waals surface area contributed by atoms with Crippen LogP contribution in [0.2, 0.25) is 0 Å². The lowest BCUT2D eigenvalue weighted by atomic mass is 10.2. The van der Waals surface area contributed by atoms with Gasteiger partial charge in [0.25, 0.3) is 0 Å². The Labute approximate surface area is 137 Å². The Bertz CT molecular complexity index is 661. The molecule has 1 unspecified atom stereocenters. The van der Waals surface area contributed by atoms with Gasteiger partial charge in [0.1, 0.15) is 16.5 Å². The van der Waals surface area contributed by atoms with Gasteiger partial charge in [-0.2, -0.15) is 0 Å². The number of rotatable bonds is 6. The number of thioether (sulfide) groups is 1. The molecule has 0 saturated carbocycles. The van der Waals surface area contributed by atoms with Gasteiger partial charge in [-0.25, -0.2) is 0 Å². The third-order valence-electron chi connectivity index (χ3n) is 2.82. The van der Waals surface area contributed by atoms with Crippen molar-refractivity contribution in [2.45, 2.75) is 23.4 Å². The van der Waals surface area contributed by atoms with Crippen LogP contribution in [0, 0.1) is 6.92 Å². The number of hydrogen-bond donors (Lipinski definition) is 1. The van der Waals surface area contributed by atoms with E-state index in [1.54, 1.807) is 32.4 Å². The van der Waals surface area contributed by atoms with Crippen LogP contribution >= 0.6 is 23.1 Å². The zero-order valence-corrected chi connectivity index (χ0v) is 14.4. The number of anilines is 1. The predicted octanol–water partition coefficient (Wildman–Crippen LogP) is 2.98. The van der Waals surface area contributed by atoms with Crippen molar-refractivity contribution >= 4 is 34.7 Å². The Hall–Kier alpha value is -1.80. The van der Waals surface area contributed by atoms with Gasteiger partial charge in [-0.05, 0) is 26.0 Å². The molecule has 22 heavy (non-hydrogen) atoms. The van der Waals surface area contributed by atoms with Gasteiger partial charge in [-0.15, -0.1) is 10.2 Å². The molecular weight excluding hydrogens is 322 g/mol. The molecule has 0 spiro atoms. The standard InChI is InChI=1S/C14H17N3O3S2/c1-8(21-14-17-16-9(2)22-14)13(18)15-11-7-10(19-3)5-6-12(11)20-4/h5-8H,1-4H3,(H,15,18). The number of ether oxygens (including phenoxy) is 2. The van der Waals surface area contributed by atoms with Crippen LogP contribution in [0.5, 0.6) is 11.5 Å². The number of aryl methyl sites for hydroxylation is 1. The summed E-state index contributed by atoms with van der Waals surface area (Å²) in [6, 6.07) is 5.25. The first-order valence-corrected chi connectivity index (χ1v) is 8.22. The topological polar surface area (TPSA) is 73.3 Å². The summed E-state index contributed by atoms with van der Waals surface area (Å²) in [5.74, 6) is 1.10. The van der Waals surface area contributed by atoms with Crippen LogP contribution in [0.4, 0.5) is 5.69 Å². The van der Waals surface area contributed by atoms with Gasteiger partial charge >= 0.3 is 0 Å². The number of nitrogens with zero attached hydrogens (tertiary/aromatic N) is 2. The maximum absolute atomic E-state index is 12.3. The summed E-state index contributed by atoms with van der Waals surface area (Å²) in [5, 5.41) is 11.4. The minimum atomic E-state index is -0.303. The summed E-state index contributed by atoms with van der Waals surface area (Å²) < 4.78 is 11.2. The van der Waals surface area contributed by atoms with Crippen molar-refractivity contribution in [2.75, 3.05) is 19.5 Å². The van der Waals surface area contributed by atoms with Crippen molar-refractivity contribution in [3.8, 4) is 11.5 Å². The predicted molar refractivity (Wildman–Crippen MR) is 88.1 cm³/mol. The summed E-state index contributed by atoms with van der Waals surface area (Å²) in [6.07, 6.45) is 0. The SMILES string of the molecule is COc1ccc(OC)c(NC(=O)C(C)Sc2nnc(C)s2)c1. The van der Waals surface area contributed by atoms with Crippen molar-refractivity contribution in [1.29, 1.82) is 0 Å². The number of methoxy groups -OCH3 is 2. The molecular formula is C14H17N3O3S2. The molecule has 8 heteroatoms. The Morgan fingerprint density at radius 1 is 1.32 bits per heavy atom. The monoisotopic (exact) mass is 339 g/mol. The zero-order chi connectivity index (χ0) is 16.1. The lowest BCUT2D eigenvalue weighted by Gasteiger charge is -2.14. The quantitative estimate of drug-likeness (QED) is 0.816. The van der Waals surface area contributed by atoms with Gasteiger partial charge in [-0.3, -0.25) is 4.79 Å². The lowest BCUT2D eigenvalue weighted by molar-refractivity contribution is -0.115. The summed E-state index contributed by atoms with van der Waals surface area (Å²) >= 11 is 2.85. The van der Waals surface area contributed by atoms with Crippen LogP contribution in [-0.2, 0) is 4.79 Å². The zero-order valence-electron chi connectivity index (χ0n) is 12.7. The summed E-state index contributed by atoms with van der Waals surface area (Å²) in [7, 11) is 3.13. The van der Waals surface area contributed by atoms with Crippen molar-refractivity contribution in [3.05, 3.63) is 23.2 Å². The van der Waals surface area contributed by atoms with Gasteiger partial charge in [-0.1, -0.05) is 23.1 Å². The van der Waals surface area contributed by atoms with Crippen LogP contribution in [-0.4, -0.2) is 35.6 Å². The average molecular weight is 339 g/mol. The second kappa shape index (κ2) is 7.46. The number of benzene rings is 1. The second-order valence-electron chi connectivity index (χ2n) is 4.40. The molecule has 118 valence electrons. The average Bonchev–Trinajstić information content (AvgIpc) is 2.92. The molecule has 0 saturated heterocycles. The number of carbonyl (C=O) groups excluding carboxylic acids is 1. The van der Waals surface area contributed by atoms with Gasteiger partial charge in [0, 0.05) is 6.07 Å². The van der Waals surface area contributed by atoms with Gasteiger partial charge < -0.3 is 14.8 Å². The van der Waals surface area contributed by atoms with Crippen molar-refractivity contribution in [2.24, 2.45) is 0 Å². The Kier molecular flexibility index (Phi) is 5.62. The van der Waals surface area contributed by atoms with E-state index >= 15 is 0 Å². The van der Waals surface area contributed by atoms with E-state index < -0.39 is 0 Å². The van der Waals surface area contributed by atoms with E-state index in [2.05, 4.69) is 15.5 Å². The molecule has 1 amide bonds. The molecule has 0 aliphatic carbocycles. The summed E-state index contributed by atoms with van der Waals surface area (Å²) in [5.41, 5.74) is 0.577. The molecule has 0 radical (unpaired) electrons. The number of aromatic nitrogens is 2. The first kappa shape index (κ1) is 16.6. The third kappa shape index (κ3) is 4.11. The van der Waals surface area contributed by atoms with Crippen molar-refractivity contribution < 1.29 is 14.3 Å². The molecule has 1 atom stereocenters. The fraction of sp³-hybridized carbons (Fsp3) is 0.357. The van der Waals surface area contributed by atoms with Gasteiger partial charge in [0.15, 0.2) is 4.34 Å². The third-order valence-corrected chi connectivity index (χ3v) is 4.84. The van der Waals surface area contributed by atoms with Crippen LogP contribution in [0.25, 0.3) is 0 Å². The van der Waals surface area contributed by atoms with Crippen LogP contribution in [0.15, 0.2) is 22.5 Å². The minimum Gasteiger partial charge on any atom is -0.497 e.